The highest BCUT2D eigenvalue weighted by Crippen LogP contribution is 2.33. The number of carbonyl (C=O) groups excluding carboxylic acids is 3. The first-order valence-electron chi connectivity index (χ1n) is 10.4. The van der Waals surface area contributed by atoms with Gasteiger partial charge in [0, 0.05) is 42.9 Å². The van der Waals surface area contributed by atoms with Crippen molar-refractivity contribution in [2.24, 2.45) is 0 Å². The molecule has 0 aliphatic carbocycles. The monoisotopic (exact) mass is 471 g/mol. The molecule has 0 radical (unpaired) electrons. The summed E-state index contributed by atoms with van der Waals surface area (Å²) in [5.74, 6) is -0.728. The third-order valence-corrected chi connectivity index (χ3v) is 5.43. The van der Waals surface area contributed by atoms with E-state index in [1.165, 1.54) is 53.2 Å². The van der Waals surface area contributed by atoms with Crippen LogP contribution in [0.2, 0.25) is 0 Å². The van der Waals surface area contributed by atoms with E-state index in [0.29, 0.717) is 22.6 Å². The molecule has 1 aliphatic heterocycles. The first-order chi connectivity index (χ1) is 16.0. The van der Waals surface area contributed by atoms with E-state index in [-0.39, 0.29) is 36.4 Å². The maximum absolute atomic E-state index is 13.3. The number of amides is 2. The number of fused-ring (bicyclic) bond motifs is 1. The molecule has 8 nitrogen and oxygen atoms in total. The summed E-state index contributed by atoms with van der Waals surface area (Å²) in [7, 11) is 0. The smallest absolute Gasteiger partial charge is 0.311 e. The van der Waals surface area contributed by atoms with Crippen LogP contribution in [0.15, 0.2) is 48.8 Å². The van der Waals surface area contributed by atoms with Crippen molar-refractivity contribution in [3.05, 3.63) is 71.2 Å². The zero-order valence-corrected chi connectivity index (χ0v) is 18.3. The summed E-state index contributed by atoms with van der Waals surface area (Å²) in [5, 5.41) is 6.77. The molecule has 176 valence electrons. The van der Waals surface area contributed by atoms with Crippen molar-refractivity contribution in [3.8, 4) is 0 Å². The molecule has 2 amide bonds. The minimum atomic E-state index is -4.47. The van der Waals surface area contributed by atoms with Gasteiger partial charge in [0.1, 0.15) is 11.5 Å². The highest BCUT2D eigenvalue weighted by molar-refractivity contribution is 6.08. The molecule has 11 heteroatoms. The molecule has 0 bridgehead atoms. The number of Topliss-reactive ketones (excluding diaryl/α,β-unsaturated/α-hetero) is 1. The molecule has 0 saturated heterocycles. The standard InChI is InChI=1S/C23H20F3N5O3/c1-13-12-30(18-6-4-17(5-7-18)23(24,25)26)22(34)21-16(11-28-31(13)21)9-19(33)15-3-8-20(27-10-15)29-14(2)32/h3-8,10-11,13H,9,12H2,1-2H3,(H,27,29,32)/t13-/m0/s1. The summed E-state index contributed by atoms with van der Waals surface area (Å²) in [6.45, 7) is 3.40. The second-order valence-electron chi connectivity index (χ2n) is 7.99. The topological polar surface area (TPSA) is 97.2 Å². The van der Waals surface area contributed by atoms with Gasteiger partial charge in [0.25, 0.3) is 5.91 Å². The van der Waals surface area contributed by atoms with Crippen LogP contribution in [0.4, 0.5) is 24.7 Å². The first-order valence-corrected chi connectivity index (χ1v) is 10.4. The van der Waals surface area contributed by atoms with E-state index in [4.69, 9.17) is 0 Å². The number of nitrogens with zero attached hydrogens (tertiary/aromatic N) is 4. The van der Waals surface area contributed by atoms with E-state index in [1.54, 1.807) is 0 Å². The van der Waals surface area contributed by atoms with Crippen molar-refractivity contribution in [3.63, 3.8) is 0 Å². The number of hydrogen-bond acceptors (Lipinski definition) is 5. The Kier molecular flexibility index (Phi) is 5.94. The van der Waals surface area contributed by atoms with E-state index in [1.807, 2.05) is 6.92 Å². The van der Waals surface area contributed by atoms with E-state index in [2.05, 4.69) is 15.4 Å². The average molecular weight is 471 g/mol. The number of alkyl halides is 3. The molecule has 3 heterocycles. The van der Waals surface area contributed by atoms with Gasteiger partial charge in [0.05, 0.1) is 17.8 Å². The Morgan fingerprint density at radius 1 is 1.12 bits per heavy atom. The fourth-order valence-electron chi connectivity index (χ4n) is 3.79. The van der Waals surface area contributed by atoms with Crippen molar-refractivity contribution in [1.29, 1.82) is 0 Å². The lowest BCUT2D eigenvalue weighted by atomic mass is 10.0. The number of aromatic nitrogens is 3. The summed E-state index contributed by atoms with van der Waals surface area (Å²) in [6.07, 6.45) is -1.80. The SMILES string of the molecule is CC(=O)Nc1ccc(C(=O)Cc2cnn3c2C(=O)N(c2ccc(C(F)(F)F)cc2)C[C@@H]3C)cn1. The van der Waals surface area contributed by atoms with Gasteiger partial charge in [0.2, 0.25) is 5.91 Å². The first kappa shape index (κ1) is 23.1. The Bertz CT molecular complexity index is 1250. The Balaban J connectivity index is 1.57. The Labute approximate surface area is 192 Å². The number of nitrogens with one attached hydrogen (secondary N) is 1. The fourth-order valence-corrected chi connectivity index (χ4v) is 3.79. The van der Waals surface area contributed by atoms with Gasteiger partial charge < -0.3 is 10.2 Å². The van der Waals surface area contributed by atoms with E-state index < -0.39 is 17.6 Å². The molecule has 0 unspecified atom stereocenters. The van der Waals surface area contributed by atoms with Crippen LogP contribution in [0, 0.1) is 0 Å². The Morgan fingerprint density at radius 3 is 2.41 bits per heavy atom. The van der Waals surface area contributed by atoms with Gasteiger partial charge >= 0.3 is 6.18 Å². The lowest BCUT2D eigenvalue weighted by Gasteiger charge is -2.32. The summed E-state index contributed by atoms with van der Waals surface area (Å²) >= 11 is 0. The van der Waals surface area contributed by atoms with Gasteiger partial charge in [-0.3, -0.25) is 19.1 Å². The Morgan fingerprint density at radius 2 is 1.82 bits per heavy atom. The molecule has 0 saturated carbocycles. The third-order valence-electron chi connectivity index (χ3n) is 5.43. The average Bonchev–Trinajstić information content (AvgIpc) is 3.20. The van der Waals surface area contributed by atoms with Crippen LogP contribution in [-0.2, 0) is 17.4 Å². The highest BCUT2D eigenvalue weighted by Gasteiger charge is 2.35. The highest BCUT2D eigenvalue weighted by atomic mass is 19.4. The van der Waals surface area contributed by atoms with Crippen LogP contribution in [0.5, 0.6) is 0 Å². The largest absolute Gasteiger partial charge is 0.416 e. The number of carbonyl (C=O) groups is 3. The van der Waals surface area contributed by atoms with Crippen molar-refractivity contribution < 1.29 is 27.6 Å². The zero-order chi connectivity index (χ0) is 24.6. The van der Waals surface area contributed by atoms with Crippen LogP contribution >= 0.6 is 0 Å². The lowest BCUT2D eigenvalue weighted by molar-refractivity contribution is -0.137. The molecule has 2 aromatic heterocycles. The summed E-state index contributed by atoms with van der Waals surface area (Å²) in [6, 6.07) is 7.15. The molecule has 0 spiro atoms. The summed E-state index contributed by atoms with van der Waals surface area (Å²) in [5.41, 5.74) is 0.444. The van der Waals surface area contributed by atoms with E-state index in [9.17, 15) is 27.6 Å². The molecule has 1 aromatic carbocycles. The number of halogens is 3. The molecule has 4 rings (SSSR count). The van der Waals surface area contributed by atoms with Crippen LogP contribution in [-0.4, -0.2) is 38.9 Å². The van der Waals surface area contributed by atoms with E-state index in [0.717, 1.165) is 12.1 Å². The van der Waals surface area contributed by atoms with Crippen LogP contribution in [0.1, 0.15) is 51.9 Å². The molecule has 1 N–H and O–H groups in total. The molecule has 34 heavy (non-hydrogen) atoms. The number of pyridine rings is 1. The van der Waals surface area contributed by atoms with Crippen LogP contribution in [0.3, 0.4) is 0 Å². The van der Waals surface area contributed by atoms with Gasteiger partial charge in [0.15, 0.2) is 5.78 Å². The van der Waals surface area contributed by atoms with Crippen molar-refractivity contribution in [2.75, 3.05) is 16.8 Å². The van der Waals surface area contributed by atoms with Gasteiger partial charge in [-0.2, -0.15) is 18.3 Å². The lowest BCUT2D eigenvalue weighted by Crippen LogP contribution is -2.43. The Hall–Kier alpha value is -4.02. The predicted molar refractivity (Wildman–Crippen MR) is 117 cm³/mol. The fraction of sp³-hybridized carbons (Fsp3) is 0.261. The molecular weight excluding hydrogens is 451 g/mol. The maximum Gasteiger partial charge on any atom is 0.416 e. The quantitative estimate of drug-likeness (QED) is 0.570. The minimum absolute atomic E-state index is 0.115. The third kappa shape index (κ3) is 4.54. The molecule has 1 aliphatic rings. The number of hydrogen-bond donors (Lipinski definition) is 1. The second kappa shape index (κ2) is 8.73. The molecule has 1 atom stereocenters. The van der Waals surface area contributed by atoms with Crippen molar-refractivity contribution >= 4 is 29.1 Å². The summed E-state index contributed by atoms with van der Waals surface area (Å²) in [4.78, 5) is 42.6. The molecule has 3 aromatic rings. The number of anilines is 2. The van der Waals surface area contributed by atoms with Crippen molar-refractivity contribution in [1.82, 2.24) is 14.8 Å². The summed E-state index contributed by atoms with van der Waals surface area (Å²) < 4.78 is 40.2. The van der Waals surface area contributed by atoms with Gasteiger partial charge in [-0.25, -0.2) is 4.98 Å². The predicted octanol–water partition coefficient (Wildman–Crippen LogP) is 3.90. The molecular formula is C23H20F3N5O3. The number of ketones is 1. The van der Waals surface area contributed by atoms with Gasteiger partial charge in [-0.15, -0.1) is 0 Å². The second-order valence-corrected chi connectivity index (χ2v) is 7.99. The van der Waals surface area contributed by atoms with Crippen molar-refractivity contribution in [2.45, 2.75) is 32.5 Å². The number of rotatable bonds is 5. The normalized spacial score (nSPS) is 15.7. The number of benzene rings is 1. The van der Waals surface area contributed by atoms with Crippen LogP contribution in [0.25, 0.3) is 0 Å². The van der Waals surface area contributed by atoms with Crippen LogP contribution < -0.4 is 10.2 Å². The maximum atomic E-state index is 13.3. The van der Waals surface area contributed by atoms with Gasteiger partial charge in [-0.05, 0) is 43.3 Å². The minimum Gasteiger partial charge on any atom is -0.311 e. The van der Waals surface area contributed by atoms with Gasteiger partial charge in [-0.1, -0.05) is 0 Å². The molecule has 0 fully saturated rings. The zero-order valence-electron chi connectivity index (χ0n) is 18.3. The van der Waals surface area contributed by atoms with E-state index >= 15 is 0 Å².